The predicted molar refractivity (Wildman–Crippen MR) is 85.3 cm³/mol. The van der Waals surface area contributed by atoms with E-state index in [1.165, 1.54) is 0 Å². The van der Waals surface area contributed by atoms with Crippen LogP contribution in [0.4, 0.5) is 0 Å². The second kappa shape index (κ2) is 10.1. The van der Waals surface area contributed by atoms with Crippen molar-refractivity contribution in [2.75, 3.05) is 6.61 Å². The third-order valence-electron chi connectivity index (χ3n) is 3.48. The number of rotatable bonds is 10. The summed E-state index contributed by atoms with van der Waals surface area (Å²) in [5.41, 5.74) is 1.08. The van der Waals surface area contributed by atoms with Crippen LogP contribution in [-0.4, -0.2) is 24.5 Å². The summed E-state index contributed by atoms with van der Waals surface area (Å²) in [7, 11) is 0. The number of hydrogen-bond donors (Lipinski definition) is 0. The van der Waals surface area contributed by atoms with Gasteiger partial charge < -0.3 is 9.47 Å². The van der Waals surface area contributed by atoms with Gasteiger partial charge in [-0.1, -0.05) is 37.3 Å². The molecule has 0 aliphatic heterocycles. The van der Waals surface area contributed by atoms with Crippen LogP contribution in [0.5, 0.6) is 0 Å². The van der Waals surface area contributed by atoms with E-state index in [9.17, 15) is 9.59 Å². The number of benzene rings is 1. The maximum Gasteiger partial charge on any atom is 0.309 e. The fraction of sp³-hybridized carbons (Fsp3) is 0.556. The van der Waals surface area contributed by atoms with Gasteiger partial charge in [-0.05, 0) is 25.8 Å². The zero-order chi connectivity index (χ0) is 16.4. The van der Waals surface area contributed by atoms with Crippen molar-refractivity contribution in [3.05, 3.63) is 35.9 Å². The molecule has 0 aliphatic rings. The molecule has 0 saturated carbocycles. The number of Topliss-reactive ketones (excluding diaryl/α,β-unsaturated/α-hetero) is 1. The molecule has 0 saturated heterocycles. The summed E-state index contributed by atoms with van der Waals surface area (Å²) in [6.07, 6.45) is 1.01. The molecule has 0 amide bonds. The fourth-order valence-electron chi connectivity index (χ4n) is 2.20. The van der Waals surface area contributed by atoms with E-state index in [0.717, 1.165) is 5.56 Å². The Hall–Kier alpha value is -1.68. The minimum Gasteiger partial charge on any atom is -0.466 e. The first kappa shape index (κ1) is 18.4. The Kier molecular flexibility index (Phi) is 8.44. The van der Waals surface area contributed by atoms with E-state index in [4.69, 9.17) is 9.47 Å². The summed E-state index contributed by atoms with van der Waals surface area (Å²) in [6.45, 7) is 6.38. The lowest BCUT2D eigenvalue weighted by molar-refractivity contribution is -0.150. The highest BCUT2D eigenvalue weighted by Gasteiger charge is 2.22. The largest absolute Gasteiger partial charge is 0.466 e. The first-order chi connectivity index (χ1) is 10.6. The van der Waals surface area contributed by atoms with Crippen molar-refractivity contribution in [1.82, 2.24) is 0 Å². The lowest BCUT2D eigenvalue weighted by atomic mass is 9.97. The van der Waals surface area contributed by atoms with E-state index in [-0.39, 0.29) is 30.2 Å². The fourth-order valence-corrected chi connectivity index (χ4v) is 2.20. The molecule has 0 bridgehead atoms. The molecule has 122 valence electrons. The summed E-state index contributed by atoms with van der Waals surface area (Å²) < 4.78 is 10.7. The molecular weight excluding hydrogens is 280 g/mol. The lowest BCUT2D eigenvalue weighted by Gasteiger charge is -2.15. The topological polar surface area (TPSA) is 52.6 Å². The number of carbonyl (C=O) groups is 2. The Bertz CT molecular complexity index is 455. The third kappa shape index (κ3) is 6.85. The Morgan fingerprint density at radius 2 is 1.77 bits per heavy atom. The molecule has 22 heavy (non-hydrogen) atoms. The maximum absolute atomic E-state index is 12.1. The van der Waals surface area contributed by atoms with Crippen LogP contribution in [-0.2, 0) is 25.7 Å². The van der Waals surface area contributed by atoms with Gasteiger partial charge in [-0.25, -0.2) is 0 Å². The van der Waals surface area contributed by atoms with Crippen LogP contribution in [0.15, 0.2) is 30.3 Å². The third-order valence-corrected chi connectivity index (χ3v) is 3.48. The van der Waals surface area contributed by atoms with Crippen LogP contribution >= 0.6 is 0 Å². The van der Waals surface area contributed by atoms with Crippen molar-refractivity contribution in [3.63, 3.8) is 0 Å². The van der Waals surface area contributed by atoms with Crippen molar-refractivity contribution in [2.24, 2.45) is 5.92 Å². The summed E-state index contributed by atoms with van der Waals surface area (Å²) in [5.74, 6) is -0.578. The van der Waals surface area contributed by atoms with Crippen molar-refractivity contribution < 1.29 is 19.1 Å². The number of hydrogen-bond acceptors (Lipinski definition) is 4. The number of ether oxygens (including phenoxy) is 2. The summed E-state index contributed by atoms with van der Waals surface area (Å²) in [5, 5.41) is 0. The Labute approximate surface area is 132 Å². The molecule has 4 heteroatoms. The molecule has 1 aromatic rings. The van der Waals surface area contributed by atoms with Gasteiger partial charge >= 0.3 is 5.97 Å². The van der Waals surface area contributed by atoms with Crippen molar-refractivity contribution in [2.45, 2.75) is 52.7 Å². The molecule has 2 atom stereocenters. The predicted octanol–water partition coefficient (Wildman–Crippen LogP) is 3.53. The summed E-state index contributed by atoms with van der Waals surface area (Å²) in [6, 6.07) is 9.85. The van der Waals surface area contributed by atoms with Crippen LogP contribution in [0.2, 0.25) is 0 Å². The first-order valence-corrected chi connectivity index (χ1v) is 7.90. The molecular formula is C18H26O4. The van der Waals surface area contributed by atoms with Crippen molar-refractivity contribution >= 4 is 11.8 Å². The smallest absolute Gasteiger partial charge is 0.309 e. The van der Waals surface area contributed by atoms with Crippen LogP contribution in [0.25, 0.3) is 0 Å². The van der Waals surface area contributed by atoms with E-state index in [1.807, 2.05) is 44.2 Å². The zero-order valence-electron chi connectivity index (χ0n) is 13.7. The van der Waals surface area contributed by atoms with Gasteiger partial charge in [-0.2, -0.15) is 0 Å². The minimum absolute atomic E-state index is 0.0421. The van der Waals surface area contributed by atoms with Crippen LogP contribution in [0.3, 0.4) is 0 Å². The quantitative estimate of drug-likeness (QED) is 0.621. The summed E-state index contributed by atoms with van der Waals surface area (Å²) in [4.78, 5) is 23.8. The van der Waals surface area contributed by atoms with Gasteiger partial charge in [0.25, 0.3) is 0 Å². The SMILES string of the molecule is CCOC(=O)C(CC)CC(=O)C[C@H](C)OCc1ccccc1. The molecule has 1 aromatic carbocycles. The molecule has 1 unspecified atom stereocenters. The average Bonchev–Trinajstić information content (AvgIpc) is 2.51. The second-order valence-corrected chi connectivity index (χ2v) is 5.41. The first-order valence-electron chi connectivity index (χ1n) is 7.90. The second-order valence-electron chi connectivity index (χ2n) is 5.41. The van der Waals surface area contributed by atoms with E-state index in [2.05, 4.69) is 0 Å². The number of esters is 1. The van der Waals surface area contributed by atoms with E-state index < -0.39 is 0 Å². The highest BCUT2D eigenvalue weighted by Crippen LogP contribution is 2.14. The number of carbonyl (C=O) groups excluding carboxylic acids is 2. The van der Waals surface area contributed by atoms with Gasteiger partial charge in [-0.3, -0.25) is 9.59 Å². The standard InChI is InChI=1S/C18H26O4/c1-4-16(18(20)21-5-2)12-17(19)11-14(3)22-13-15-9-7-6-8-10-15/h6-10,14,16H,4-5,11-13H2,1-3H3/t14-,16?/m0/s1. The van der Waals surface area contributed by atoms with Crippen molar-refractivity contribution in [1.29, 1.82) is 0 Å². The molecule has 0 fully saturated rings. The van der Waals surface area contributed by atoms with E-state index in [0.29, 0.717) is 26.1 Å². The van der Waals surface area contributed by atoms with Gasteiger partial charge in [-0.15, -0.1) is 0 Å². The lowest BCUT2D eigenvalue weighted by Crippen LogP contribution is -2.22. The van der Waals surface area contributed by atoms with E-state index >= 15 is 0 Å². The van der Waals surface area contributed by atoms with E-state index in [1.54, 1.807) is 6.92 Å². The van der Waals surface area contributed by atoms with Crippen LogP contribution in [0.1, 0.15) is 45.6 Å². The van der Waals surface area contributed by atoms with Gasteiger partial charge in [0, 0.05) is 12.8 Å². The minimum atomic E-state index is -0.339. The van der Waals surface area contributed by atoms with Gasteiger partial charge in [0.15, 0.2) is 0 Å². The average molecular weight is 306 g/mol. The molecule has 0 radical (unpaired) electrons. The Morgan fingerprint density at radius 3 is 2.36 bits per heavy atom. The van der Waals surface area contributed by atoms with Gasteiger partial charge in [0.05, 0.1) is 25.2 Å². The monoisotopic (exact) mass is 306 g/mol. The molecule has 4 nitrogen and oxygen atoms in total. The molecule has 0 heterocycles. The normalized spacial score (nSPS) is 13.4. The zero-order valence-corrected chi connectivity index (χ0v) is 13.7. The van der Waals surface area contributed by atoms with Crippen LogP contribution < -0.4 is 0 Å². The Morgan fingerprint density at radius 1 is 1.09 bits per heavy atom. The molecule has 0 spiro atoms. The van der Waals surface area contributed by atoms with Crippen LogP contribution in [0, 0.1) is 5.92 Å². The van der Waals surface area contributed by atoms with Gasteiger partial charge in [0.1, 0.15) is 5.78 Å². The maximum atomic E-state index is 12.1. The highest BCUT2D eigenvalue weighted by molar-refractivity contribution is 5.84. The molecule has 0 N–H and O–H groups in total. The highest BCUT2D eigenvalue weighted by atomic mass is 16.5. The Balaban J connectivity index is 2.35. The van der Waals surface area contributed by atoms with Gasteiger partial charge in [0.2, 0.25) is 0 Å². The molecule has 0 aliphatic carbocycles. The molecule has 0 aromatic heterocycles. The number of ketones is 1. The summed E-state index contributed by atoms with van der Waals surface area (Å²) >= 11 is 0. The molecule has 1 rings (SSSR count). The van der Waals surface area contributed by atoms with Crippen molar-refractivity contribution in [3.8, 4) is 0 Å².